The third-order valence-electron chi connectivity index (χ3n) is 3.85. The molecule has 0 aromatic carbocycles. The van der Waals surface area contributed by atoms with Crippen molar-refractivity contribution >= 4 is 11.6 Å². The zero-order valence-electron chi connectivity index (χ0n) is 13.9. The predicted molar refractivity (Wildman–Crippen MR) is 93.9 cm³/mol. The van der Waals surface area contributed by atoms with Crippen molar-refractivity contribution in [2.45, 2.75) is 19.9 Å². The zero-order valence-corrected chi connectivity index (χ0v) is 13.9. The van der Waals surface area contributed by atoms with Gasteiger partial charge in [-0.2, -0.15) is 0 Å². The van der Waals surface area contributed by atoms with Crippen molar-refractivity contribution in [3.63, 3.8) is 0 Å². The quantitative estimate of drug-likeness (QED) is 0.547. The van der Waals surface area contributed by atoms with E-state index in [1.54, 1.807) is 7.05 Å². The molecule has 3 rings (SSSR count). The molecule has 0 bridgehead atoms. The summed E-state index contributed by atoms with van der Waals surface area (Å²) in [7, 11) is 1.76. The van der Waals surface area contributed by atoms with Crippen LogP contribution in [0.4, 0.5) is 0 Å². The maximum Gasteiger partial charge on any atom is 0.191 e. The van der Waals surface area contributed by atoms with Crippen LogP contribution in [0.5, 0.6) is 0 Å². The van der Waals surface area contributed by atoms with Gasteiger partial charge in [-0.15, -0.1) is 10.2 Å². The molecule has 0 atom stereocenters. The van der Waals surface area contributed by atoms with Crippen LogP contribution >= 0.6 is 0 Å². The van der Waals surface area contributed by atoms with Gasteiger partial charge in [0.05, 0.1) is 6.54 Å². The summed E-state index contributed by atoms with van der Waals surface area (Å²) in [5, 5.41) is 14.9. The van der Waals surface area contributed by atoms with E-state index in [0.29, 0.717) is 6.54 Å². The van der Waals surface area contributed by atoms with Crippen LogP contribution in [-0.4, -0.2) is 39.1 Å². The molecule has 124 valence electrons. The Kier molecular flexibility index (Phi) is 5.00. The maximum absolute atomic E-state index is 4.25. The van der Waals surface area contributed by atoms with Crippen LogP contribution in [0.15, 0.2) is 47.8 Å². The SMILES string of the molecule is CN=C(NCCc1ccncc1C)NCc1nnc2ccccn12. The van der Waals surface area contributed by atoms with Crippen molar-refractivity contribution in [3.05, 3.63) is 59.8 Å². The number of fused-ring (bicyclic) bond motifs is 1. The van der Waals surface area contributed by atoms with Crippen molar-refractivity contribution in [3.8, 4) is 0 Å². The Labute approximate surface area is 140 Å². The molecule has 7 nitrogen and oxygen atoms in total. The van der Waals surface area contributed by atoms with Crippen molar-refractivity contribution in [1.29, 1.82) is 0 Å². The molecule has 0 amide bonds. The van der Waals surface area contributed by atoms with Crippen molar-refractivity contribution in [1.82, 2.24) is 30.2 Å². The van der Waals surface area contributed by atoms with E-state index < -0.39 is 0 Å². The van der Waals surface area contributed by atoms with Gasteiger partial charge in [0.1, 0.15) is 0 Å². The molecule has 0 unspecified atom stereocenters. The number of nitrogens with zero attached hydrogens (tertiary/aromatic N) is 5. The fourth-order valence-corrected chi connectivity index (χ4v) is 2.49. The lowest BCUT2D eigenvalue weighted by molar-refractivity contribution is 0.756. The first kappa shape index (κ1) is 15.9. The second kappa shape index (κ2) is 7.54. The summed E-state index contributed by atoms with van der Waals surface area (Å²) in [6.07, 6.45) is 6.59. The van der Waals surface area contributed by atoms with E-state index in [2.05, 4.69) is 43.8 Å². The molecule has 3 aromatic heterocycles. The molecule has 0 saturated carbocycles. The van der Waals surface area contributed by atoms with Crippen LogP contribution in [0.3, 0.4) is 0 Å². The second-order valence-electron chi connectivity index (χ2n) is 5.45. The van der Waals surface area contributed by atoms with Crippen LogP contribution in [-0.2, 0) is 13.0 Å². The Balaban J connectivity index is 1.53. The number of aliphatic imine (C=N–C) groups is 1. The van der Waals surface area contributed by atoms with Crippen LogP contribution in [0.1, 0.15) is 17.0 Å². The summed E-state index contributed by atoms with van der Waals surface area (Å²) in [5.41, 5.74) is 3.33. The van der Waals surface area contributed by atoms with Gasteiger partial charge < -0.3 is 10.6 Å². The first-order valence-electron chi connectivity index (χ1n) is 7.90. The standard InChI is InChI=1S/C17H21N7/c1-13-11-19-8-6-14(13)7-9-20-17(18-2)21-12-16-23-22-15-5-3-4-10-24(15)16/h3-6,8,10-11H,7,9,12H2,1-2H3,(H2,18,20,21). The van der Waals surface area contributed by atoms with E-state index in [0.717, 1.165) is 30.4 Å². The van der Waals surface area contributed by atoms with Gasteiger partial charge in [0.15, 0.2) is 17.4 Å². The summed E-state index contributed by atoms with van der Waals surface area (Å²) in [6.45, 7) is 3.43. The van der Waals surface area contributed by atoms with Crippen LogP contribution in [0.25, 0.3) is 5.65 Å². The Morgan fingerprint density at radius 1 is 1.21 bits per heavy atom. The first-order valence-corrected chi connectivity index (χ1v) is 7.90. The number of hydrogen-bond donors (Lipinski definition) is 2. The van der Waals surface area contributed by atoms with Crippen molar-refractivity contribution < 1.29 is 0 Å². The monoisotopic (exact) mass is 323 g/mol. The molecule has 0 spiro atoms. The minimum absolute atomic E-state index is 0.555. The molecule has 3 aromatic rings. The van der Waals surface area contributed by atoms with Crippen LogP contribution < -0.4 is 10.6 Å². The van der Waals surface area contributed by atoms with Crippen LogP contribution in [0, 0.1) is 6.92 Å². The fourth-order valence-electron chi connectivity index (χ4n) is 2.49. The number of hydrogen-bond acceptors (Lipinski definition) is 4. The lowest BCUT2D eigenvalue weighted by atomic mass is 10.1. The van der Waals surface area contributed by atoms with Gasteiger partial charge in [0.2, 0.25) is 0 Å². The van der Waals surface area contributed by atoms with E-state index in [-0.39, 0.29) is 0 Å². The Morgan fingerprint density at radius 3 is 2.96 bits per heavy atom. The van der Waals surface area contributed by atoms with E-state index >= 15 is 0 Å². The largest absolute Gasteiger partial charge is 0.356 e. The molecule has 0 saturated heterocycles. The summed E-state index contributed by atoms with van der Waals surface area (Å²) in [6, 6.07) is 7.89. The molecule has 7 heteroatoms. The van der Waals surface area contributed by atoms with E-state index in [4.69, 9.17) is 0 Å². The molecular weight excluding hydrogens is 302 g/mol. The highest BCUT2D eigenvalue weighted by molar-refractivity contribution is 5.79. The maximum atomic E-state index is 4.25. The van der Waals surface area contributed by atoms with E-state index in [1.807, 2.05) is 41.2 Å². The molecular formula is C17H21N7. The summed E-state index contributed by atoms with van der Waals surface area (Å²) >= 11 is 0. The molecule has 24 heavy (non-hydrogen) atoms. The van der Waals surface area contributed by atoms with Gasteiger partial charge in [-0.05, 0) is 42.7 Å². The molecule has 0 aliphatic heterocycles. The number of nitrogens with one attached hydrogen (secondary N) is 2. The summed E-state index contributed by atoms with van der Waals surface area (Å²) in [5.74, 6) is 1.59. The van der Waals surface area contributed by atoms with Gasteiger partial charge in [-0.1, -0.05) is 6.07 Å². The smallest absolute Gasteiger partial charge is 0.191 e. The Hall–Kier alpha value is -2.96. The zero-order chi connectivity index (χ0) is 16.8. The number of pyridine rings is 2. The number of aromatic nitrogens is 4. The van der Waals surface area contributed by atoms with E-state index in [9.17, 15) is 0 Å². The molecule has 0 fully saturated rings. The first-order chi connectivity index (χ1) is 11.8. The predicted octanol–water partition coefficient (Wildman–Crippen LogP) is 1.34. The second-order valence-corrected chi connectivity index (χ2v) is 5.45. The molecule has 3 heterocycles. The van der Waals surface area contributed by atoms with Gasteiger partial charge in [0, 0.05) is 32.2 Å². The minimum atomic E-state index is 0.555. The lowest BCUT2D eigenvalue weighted by Crippen LogP contribution is -2.38. The van der Waals surface area contributed by atoms with Crippen molar-refractivity contribution in [2.75, 3.05) is 13.6 Å². The van der Waals surface area contributed by atoms with E-state index in [1.165, 1.54) is 11.1 Å². The highest BCUT2D eigenvalue weighted by Crippen LogP contribution is 2.05. The number of aryl methyl sites for hydroxylation is 1. The van der Waals surface area contributed by atoms with Gasteiger partial charge in [-0.25, -0.2) is 0 Å². The summed E-state index contributed by atoms with van der Waals surface area (Å²) in [4.78, 5) is 8.36. The average Bonchev–Trinajstić information content (AvgIpc) is 3.03. The third kappa shape index (κ3) is 3.68. The average molecular weight is 323 g/mol. The normalized spacial score (nSPS) is 11.7. The fraction of sp³-hybridized carbons (Fsp3) is 0.294. The molecule has 0 radical (unpaired) electrons. The molecule has 2 N–H and O–H groups in total. The van der Waals surface area contributed by atoms with Crippen molar-refractivity contribution in [2.24, 2.45) is 4.99 Å². The highest BCUT2D eigenvalue weighted by Gasteiger charge is 2.05. The number of guanidine groups is 1. The topological polar surface area (TPSA) is 79.5 Å². The lowest BCUT2D eigenvalue weighted by Gasteiger charge is -2.12. The molecule has 0 aliphatic rings. The number of rotatable bonds is 5. The minimum Gasteiger partial charge on any atom is -0.356 e. The van der Waals surface area contributed by atoms with Gasteiger partial charge in [-0.3, -0.25) is 14.4 Å². The Morgan fingerprint density at radius 2 is 2.12 bits per heavy atom. The third-order valence-corrected chi connectivity index (χ3v) is 3.85. The van der Waals surface area contributed by atoms with Crippen LogP contribution in [0.2, 0.25) is 0 Å². The van der Waals surface area contributed by atoms with Gasteiger partial charge >= 0.3 is 0 Å². The van der Waals surface area contributed by atoms with Gasteiger partial charge in [0.25, 0.3) is 0 Å². The Bertz CT molecular complexity index is 838. The molecule has 0 aliphatic carbocycles. The highest BCUT2D eigenvalue weighted by atomic mass is 15.3. The summed E-state index contributed by atoms with van der Waals surface area (Å²) < 4.78 is 1.96.